The molecule has 1 aliphatic heterocycles. The highest BCUT2D eigenvalue weighted by Gasteiger charge is 2.43. The minimum Gasteiger partial charge on any atom is -0.497 e. The Labute approximate surface area is 191 Å². The number of methoxy groups -OCH3 is 3. The number of carbonyl (C=O) groups excluding carboxylic acids is 1. The number of para-hydroxylation sites is 1. The molecule has 1 aromatic heterocycles. The number of ether oxygens (including phenoxy) is 3. The quantitative estimate of drug-likeness (QED) is 0.463. The van der Waals surface area contributed by atoms with Crippen molar-refractivity contribution in [3.63, 3.8) is 0 Å². The lowest BCUT2D eigenvalue weighted by Gasteiger charge is -2.27. The molecule has 7 nitrogen and oxygen atoms in total. The second-order valence-corrected chi connectivity index (χ2v) is 7.62. The van der Waals surface area contributed by atoms with Gasteiger partial charge in [0.2, 0.25) is 0 Å². The number of nitrogens with zero attached hydrogens (tertiary/aromatic N) is 2. The number of anilines is 1. The molecule has 3 aromatic carbocycles. The van der Waals surface area contributed by atoms with E-state index >= 15 is 0 Å². The van der Waals surface area contributed by atoms with E-state index in [2.05, 4.69) is 10.2 Å². The summed E-state index contributed by atoms with van der Waals surface area (Å²) in [6.45, 7) is 0. The first kappa shape index (κ1) is 20.6. The number of nitrogens with one attached hydrogen (secondary N) is 1. The highest BCUT2D eigenvalue weighted by atomic mass is 16.5. The number of H-pyrrole nitrogens is 1. The Morgan fingerprint density at radius 1 is 0.848 bits per heavy atom. The lowest BCUT2D eigenvalue weighted by atomic mass is 9.95. The molecular weight excluding hydrogens is 418 g/mol. The molecule has 2 heterocycles. The first-order valence-electron chi connectivity index (χ1n) is 10.5. The number of benzene rings is 3. The molecule has 33 heavy (non-hydrogen) atoms. The van der Waals surface area contributed by atoms with Gasteiger partial charge < -0.3 is 14.2 Å². The van der Waals surface area contributed by atoms with Gasteiger partial charge in [0.15, 0.2) is 11.5 Å². The molecule has 4 aromatic rings. The van der Waals surface area contributed by atoms with Crippen molar-refractivity contribution in [2.24, 2.45) is 0 Å². The van der Waals surface area contributed by atoms with Crippen LogP contribution in [-0.4, -0.2) is 37.4 Å². The molecule has 0 bridgehead atoms. The minimum atomic E-state index is -0.398. The van der Waals surface area contributed by atoms with E-state index in [1.54, 1.807) is 26.2 Å². The molecule has 0 aliphatic carbocycles. The molecule has 0 saturated heterocycles. The van der Waals surface area contributed by atoms with Gasteiger partial charge in [-0.3, -0.25) is 14.8 Å². The third-order valence-electron chi connectivity index (χ3n) is 5.89. The maximum absolute atomic E-state index is 13.6. The number of amides is 1. The highest BCUT2D eigenvalue weighted by Crippen LogP contribution is 2.46. The van der Waals surface area contributed by atoms with Gasteiger partial charge in [0.1, 0.15) is 11.4 Å². The fourth-order valence-electron chi connectivity index (χ4n) is 4.31. The molecule has 5 rings (SSSR count). The molecule has 0 unspecified atom stereocenters. The molecule has 166 valence electrons. The maximum Gasteiger partial charge on any atom is 0.277 e. The highest BCUT2D eigenvalue weighted by molar-refractivity contribution is 6.11. The van der Waals surface area contributed by atoms with E-state index in [9.17, 15) is 4.79 Å². The fourth-order valence-corrected chi connectivity index (χ4v) is 4.31. The zero-order valence-corrected chi connectivity index (χ0v) is 18.5. The van der Waals surface area contributed by atoms with E-state index in [0.717, 1.165) is 33.8 Å². The zero-order valence-electron chi connectivity index (χ0n) is 18.5. The maximum atomic E-state index is 13.6. The summed E-state index contributed by atoms with van der Waals surface area (Å²) in [5, 5.41) is 7.51. The van der Waals surface area contributed by atoms with Crippen molar-refractivity contribution in [1.29, 1.82) is 0 Å². The molecule has 7 heteroatoms. The van der Waals surface area contributed by atoms with E-state index in [1.165, 1.54) is 0 Å². The van der Waals surface area contributed by atoms with Gasteiger partial charge in [-0.2, -0.15) is 5.10 Å². The van der Waals surface area contributed by atoms with Crippen LogP contribution in [-0.2, 0) is 0 Å². The van der Waals surface area contributed by atoms with Crippen LogP contribution in [0.5, 0.6) is 17.2 Å². The van der Waals surface area contributed by atoms with Crippen LogP contribution in [0.1, 0.15) is 27.7 Å². The van der Waals surface area contributed by atoms with Crippen LogP contribution in [0.3, 0.4) is 0 Å². The molecule has 1 amide bonds. The van der Waals surface area contributed by atoms with Crippen LogP contribution in [0.2, 0.25) is 0 Å². The van der Waals surface area contributed by atoms with E-state index in [1.807, 2.05) is 72.8 Å². The Kier molecular flexibility index (Phi) is 5.22. The van der Waals surface area contributed by atoms with Crippen molar-refractivity contribution in [3.05, 3.63) is 89.6 Å². The van der Waals surface area contributed by atoms with Gasteiger partial charge in [0.05, 0.1) is 33.1 Å². The predicted molar refractivity (Wildman–Crippen MR) is 125 cm³/mol. The van der Waals surface area contributed by atoms with Crippen molar-refractivity contribution in [2.45, 2.75) is 6.04 Å². The predicted octanol–water partition coefficient (Wildman–Crippen LogP) is 4.85. The molecule has 0 spiro atoms. The summed E-state index contributed by atoms with van der Waals surface area (Å²) in [5.41, 5.74) is 4.60. The SMILES string of the molecule is COc1ccc(-c2n[nH]c3c2[C@H](c2ccc(OC)c(OC)c2)N(c2ccccc2)C3=O)cc1. The second-order valence-electron chi connectivity index (χ2n) is 7.62. The van der Waals surface area contributed by atoms with Gasteiger partial charge in [-0.25, -0.2) is 0 Å². The molecule has 1 atom stereocenters. The zero-order chi connectivity index (χ0) is 22.9. The molecule has 0 radical (unpaired) electrons. The largest absolute Gasteiger partial charge is 0.497 e. The van der Waals surface area contributed by atoms with Gasteiger partial charge in [-0.05, 0) is 54.1 Å². The van der Waals surface area contributed by atoms with Crippen molar-refractivity contribution >= 4 is 11.6 Å². The Bertz CT molecular complexity index is 1300. The fraction of sp³-hybridized carbons (Fsp3) is 0.154. The van der Waals surface area contributed by atoms with E-state index in [-0.39, 0.29) is 5.91 Å². The van der Waals surface area contributed by atoms with Crippen LogP contribution in [0.25, 0.3) is 11.3 Å². The van der Waals surface area contributed by atoms with Gasteiger partial charge in [0.25, 0.3) is 5.91 Å². The van der Waals surface area contributed by atoms with Gasteiger partial charge in [-0.1, -0.05) is 24.3 Å². The summed E-state index contributed by atoms with van der Waals surface area (Å²) in [6.07, 6.45) is 0. The van der Waals surface area contributed by atoms with Crippen molar-refractivity contribution in [2.75, 3.05) is 26.2 Å². The number of rotatable bonds is 6. The Hall–Kier alpha value is -4.26. The van der Waals surface area contributed by atoms with Gasteiger partial charge >= 0.3 is 0 Å². The van der Waals surface area contributed by atoms with Crippen LogP contribution in [0, 0.1) is 0 Å². The lowest BCUT2D eigenvalue weighted by molar-refractivity contribution is 0.0988. The molecule has 1 N–H and O–H groups in total. The summed E-state index contributed by atoms with van der Waals surface area (Å²) in [5.74, 6) is 1.84. The van der Waals surface area contributed by atoms with Crippen molar-refractivity contribution in [3.8, 4) is 28.5 Å². The smallest absolute Gasteiger partial charge is 0.277 e. The standard InChI is InChI=1S/C26H23N3O4/c1-31-19-12-9-16(10-13-19)23-22-24(28-27-23)26(30)29(18-7-5-4-6-8-18)25(22)17-11-14-20(32-2)21(15-17)33-3/h4-15,25H,1-3H3,(H,27,28)/t25-/m0/s1. The van der Waals surface area contributed by atoms with E-state index in [4.69, 9.17) is 14.2 Å². The molecule has 0 fully saturated rings. The number of aromatic amines is 1. The number of hydrogen-bond acceptors (Lipinski definition) is 5. The van der Waals surface area contributed by atoms with Crippen LogP contribution >= 0.6 is 0 Å². The number of fused-ring (bicyclic) bond motifs is 1. The topological polar surface area (TPSA) is 76.7 Å². The summed E-state index contributed by atoms with van der Waals surface area (Å²) < 4.78 is 16.3. The van der Waals surface area contributed by atoms with Gasteiger partial charge in [0, 0.05) is 16.8 Å². The third kappa shape index (κ3) is 3.38. The molecular formula is C26H23N3O4. The summed E-state index contributed by atoms with van der Waals surface area (Å²) >= 11 is 0. The summed E-state index contributed by atoms with van der Waals surface area (Å²) in [4.78, 5) is 15.4. The first-order chi connectivity index (χ1) is 16.2. The summed E-state index contributed by atoms with van der Waals surface area (Å²) in [6, 6.07) is 22.6. The van der Waals surface area contributed by atoms with Crippen molar-refractivity contribution in [1.82, 2.24) is 10.2 Å². The Morgan fingerprint density at radius 3 is 2.24 bits per heavy atom. The number of hydrogen-bond donors (Lipinski definition) is 1. The lowest BCUT2D eigenvalue weighted by Crippen LogP contribution is -2.29. The van der Waals surface area contributed by atoms with Gasteiger partial charge in [-0.15, -0.1) is 0 Å². The average Bonchev–Trinajstić information content (AvgIpc) is 3.43. The molecule has 1 aliphatic rings. The summed E-state index contributed by atoms with van der Waals surface area (Å²) in [7, 11) is 4.83. The first-order valence-corrected chi connectivity index (χ1v) is 10.5. The number of aromatic nitrogens is 2. The van der Waals surface area contributed by atoms with Crippen LogP contribution in [0.15, 0.2) is 72.8 Å². The Morgan fingerprint density at radius 2 is 1.58 bits per heavy atom. The van der Waals surface area contributed by atoms with Crippen molar-refractivity contribution < 1.29 is 19.0 Å². The monoisotopic (exact) mass is 441 g/mol. The third-order valence-corrected chi connectivity index (χ3v) is 5.89. The van der Waals surface area contributed by atoms with E-state index in [0.29, 0.717) is 17.2 Å². The molecule has 0 saturated carbocycles. The van der Waals surface area contributed by atoms with Crippen LogP contribution < -0.4 is 19.1 Å². The van der Waals surface area contributed by atoms with E-state index < -0.39 is 6.04 Å². The second kappa shape index (κ2) is 8.35. The average molecular weight is 441 g/mol. The normalized spacial score (nSPS) is 14.8. The minimum absolute atomic E-state index is 0.136. The van der Waals surface area contributed by atoms with Crippen LogP contribution in [0.4, 0.5) is 5.69 Å². The Balaban J connectivity index is 1.71. The number of carbonyl (C=O) groups is 1.